The van der Waals surface area contributed by atoms with Gasteiger partial charge in [0, 0.05) is 23.6 Å². The lowest BCUT2D eigenvalue weighted by atomic mass is 10.0. The molecule has 0 atom stereocenters. The number of nitrogens with zero attached hydrogens (tertiary/aromatic N) is 1. The van der Waals surface area contributed by atoms with Crippen LogP contribution in [0.1, 0.15) is 37.8 Å². The van der Waals surface area contributed by atoms with E-state index in [1.165, 1.54) is 0 Å². The van der Waals surface area contributed by atoms with Crippen molar-refractivity contribution in [3.8, 4) is 11.1 Å². The number of rotatable bonds is 6. The first kappa shape index (κ1) is 20.8. The molecule has 2 aromatic heterocycles. The lowest BCUT2D eigenvalue weighted by molar-refractivity contribution is 0.0523. The quantitative estimate of drug-likeness (QED) is 0.587. The molecular weight excluding hydrogens is 372 g/mol. The number of carbonyl (C=O) groups excluding carboxylic acids is 1. The number of nitrogens with one attached hydrogen (secondary N) is 1. The fourth-order valence-electron chi connectivity index (χ4n) is 3.03. The summed E-state index contributed by atoms with van der Waals surface area (Å²) >= 11 is 0. The normalized spacial score (nSPS) is 11.6. The van der Waals surface area contributed by atoms with Crippen LogP contribution in [-0.4, -0.2) is 33.5 Å². The summed E-state index contributed by atoms with van der Waals surface area (Å²) in [4.78, 5) is 16.2. The number of carbonyl (C=O) groups is 1. The molecule has 1 aromatic carbocycles. The molecule has 0 aliphatic carbocycles. The van der Waals surface area contributed by atoms with Gasteiger partial charge in [0.2, 0.25) is 0 Å². The van der Waals surface area contributed by atoms with Crippen LogP contribution in [0.15, 0.2) is 40.9 Å². The molecule has 0 bridgehead atoms. The smallest absolute Gasteiger partial charge is 0.407 e. The van der Waals surface area contributed by atoms with Gasteiger partial charge < -0.3 is 24.7 Å². The maximum atomic E-state index is 11.9. The minimum absolute atomic E-state index is 0.00223. The van der Waals surface area contributed by atoms with Crippen molar-refractivity contribution in [3.63, 3.8) is 0 Å². The molecule has 1 amide bonds. The lowest BCUT2D eigenvalue weighted by Gasteiger charge is -2.19. The fourth-order valence-corrected chi connectivity index (χ4v) is 3.03. The second-order valence-electron chi connectivity index (χ2n) is 7.80. The number of pyridine rings is 1. The molecule has 0 spiro atoms. The molecule has 3 rings (SSSR count). The third-order valence-corrected chi connectivity index (χ3v) is 4.21. The standard InChI is InChI=1S/C22H26N2O5/c1-22(2,3)29-21(27)24-12-17-10-15(4-6-23-17)19-9-14(13-26)8-16-11-18(5-7-25)28-20(16)19/h4,6,8-11,25-26H,5,7,12-13H2,1-3H3,(H,24,27). The summed E-state index contributed by atoms with van der Waals surface area (Å²) in [6.45, 7) is 5.54. The summed E-state index contributed by atoms with van der Waals surface area (Å²) in [5, 5.41) is 22.4. The highest BCUT2D eigenvalue weighted by atomic mass is 16.6. The van der Waals surface area contributed by atoms with Crippen molar-refractivity contribution in [3.05, 3.63) is 53.5 Å². The predicted molar refractivity (Wildman–Crippen MR) is 109 cm³/mol. The molecular formula is C22H26N2O5. The first-order chi connectivity index (χ1) is 13.8. The van der Waals surface area contributed by atoms with E-state index in [2.05, 4.69) is 10.3 Å². The van der Waals surface area contributed by atoms with Crippen LogP contribution in [0.5, 0.6) is 0 Å². The van der Waals surface area contributed by atoms with Crippen molar-refractivity contribution >= 4 is 17.1 Å². The molecule has 0 aliphatic rings. The molecule has 3 N–H and O–H groups in total. The Morgan fingerprint density at radius 1 is 1.21 bits per heavy atom. The van der Waals surface area contributed by atoms with Crippen molar-refractivity contribution in [2.75, 3.05) is 6.61 Å². The van der Waals surface area contributed by atoms with Crippen molar-refractivity contribution in [2.45, 2.75) is 45.9 Å². The molecule has 7 heteroatoms. The van der Waals surface area contributed by atoms with Gasteiger partial charge >= 0.3 is 6.09 Å². The minimum atomic E-state index is -0.568. The second kappa shape index (κ2) is 8.63. The van der Waals surface area contributed by atoms with E-state index < -0.39 is 11.7 Å². The maximum absolute atomic E-state index is 11.9. The number of furan rings is 1. The molecule has 0 fully saturated rings. The number of hydrogen-bond donors (Lipinski definition) is 3. The van der Waals surface area contributed by atoms with E-state index in [0.29, 0.717) is 23.5 Å². The van der Waals surface area contributed by atoms with E-state index in [1.54, 1.807) is 27.0 Å². The van der Waals surface area contributed by atoms with Gasteiger partial charge in [0.1, 0.15) is 16.9 Å². The van der Waals surface area contributed by atoms with Gasteiger partial charge in [-0.1, -0.05) is 0 Å². The average Bonchev–Trinajstić information content (AvgIpc) is 3.07. The largest absolute Gasteiger partial charge is 0.460 e. The predicted octanol–water partition coefficient (Wildman–Crippen LogP) is 3.55. The van der Waals surface area contributed by atoms with Crippen molar-refractivity contribution in [1.29, 1.82) is 0 Å². The maximum Gasteiger partial charge on any atom is 0.407 e. The van der Waals surface area contributed by atoms with Gasteiger partial charge in [0.05, 0.1) is 25.5 Å². The van der Waals surface area contributed by atoms with E-state index in [-0.39, 0.29) is 19.8 Å². The Labute approximate surface area is 169 Å². The van der Waals surface area contributed by atoms with Crippen LogP contribution in [0.3, 0.4) is 0 Å². The molecule has 0 aliphatic heterocycles. The molecule has 0 saturated heterocycles. The summed E-state index contributed by atoms with van der Waals surface area (Å²) in [6, 6.07) is 9.33. The number of hydrogen-bond acceptors (Lipinski definition) is 6. The number of benzene rings is 1. The third-order valence-electron chi connectivity index (χ3n) is 4.21. The van der Waals surface area contributed by atoms with Crippen LogP contribution in [0.4, 0.5) is 4.79 Å². The average molecular weight is 398 g/mol. The molecule has 29 heavy (non-hydrogen) atoms. The summed E-state index contributed by atoms with van der Waals surface area (Å²) in [6.07, 6.45) is 1.58. The first-order valence-corrected chi connectivity index (χ1v) is 9.48. The zero-order chi connectivity index (χ0) is 21.0. The molecule has 0 saturated carbocycles. The number of amides is 1. The molecule has 0 unspecified atom stereocenters. The van der Waals surface area contributed by atoms with Gasteiger partial charge in [-0.25, -0.2) is 4.79 Å². The Balaban J connectivity index is 1.89. The monoisotopic (exact) mass is 398 g/mol. The highest BCUT2D eigenvalue weighted by molar-refractivity contribution is 5.93. The molecule has 3 aromatic rings. The number of aromatic nitrogens is 1. The highest BCUT2D eigenvalue weighted by Crippen LogP contribution is 2.33. The Morgan fingerprint density at radius 2 is 2.00 bits per heavy atom. The number of alkyl carbamates (subject to hydrolysis) is 1. The number of ether oxygens (including phenoxy) is 1. The van der Waals surface area contributed by atoms with Crippen molar-refractivity contribution in [1.82, 2.24) is 10.3 Å². The zero-order valence-electron chi connectivity index (χ0n) is 16.9. The van der Waals surface area contributed by atoms with Gasteiger partial charge in [-0.05, 0) is 62.2 Å². The summed E-state index contributed by atoms with van der Waals surface area (Å²) in [5.74, 6) is 0.680. The minimum Gasteiger partial charge on any atom is -0.460 e. The number of aliphatic hydroxyl groups is 2. The summed E-state index contributed by atoms with van der Waals surface area (Å²) in [5.41, 5.74) is 3.21. The Bertz CT molecular complexity index is 1000. The van der Waals surface area contributed by atoms with Crippen molar-refractivity contribution < 1.29 is 24.2 Å². The topological polar surface area (TPSA) is 105 Å². The Hall–Kier alpha value is -2.90. The van der Waals surface area contributed by atoms with Crippen LogP contribution >= 0.6 is 0 Å². The Kier molecular flexibility index (Phi) is 6.20. The van der Waals surface area contributed by atoms with Crippen LogP contribution in [0.2, 0.25) is 0 Å². The van der Waals surface area contributed by atoms with E-state index in [1.807, 2.05) is 30.3 Å². The summed E-state index contributed by atoms with van der Waals surface area (Å²) < 4.78 is 11.2. The second-order valence-corrected chi connectivity index (χ2v) is 7.80. The van der Waals surface area contributed by atoms with E-state index in [9.17, 15) is 15.0 Å². The number of fused-ring (bicyclic) bond motifs is 1. The van der Waals surface area contributed by atoms with E-state index in [0.717, 1.165) is 22.1 Å². The van der Waals surface area contributed by atoms with Crippen LogP contribution in [-0.2, 0) is 24.3 Å². The van der Waals surface area contributed by atoms with Crippen LogP contribution in [0, 0.1) is 0 Å². The Morgan fingerprint density at radius 3 is 2.69 bits per heavy atom. The van der Waals surface area contributed by atoms with Gasteiger partial charge in [-0.3, -0.25) is 4.98 Å². The molecule has 2 heterocycles. The SMILES string of the molecule is CC(C)(C)OC(=O)NCc1cc(-c2cc(CO)cc3cc(CCO)oc23)ccn1. The van der Waals surface area contributed by atoms with Gasteiger partial charge in [-0.15, -0.1) is 0 Å². The zero-order valence-corrected chi connectivity index (χ0v) is 16.9. The lowest BCUT2D eigenvalue weighted by Crippen LogP contribution is -2.32. The summed E-state index contributed by atoms with van der Waals surface area (Å²) in [7, 11) is 0. The third kappa shape index (κ3) is 5.34. The number of aliphatic hydroxyl groups excluding tert-OH is 2. The van der Waals surface area contributed by atoms with Crippen LogP contribution < -0.4 is 5.32 Å². The van der Waals surface area contributed by atoms with Crippen LogP contribution in [0.25, 0.3) is 22.1 Å². The van der Waals surface area contributed by atoms with Crippen molar-refractivity contribution in [2.24, 2.45) is 0 Å². The molecule has 0 radical (unpaired) electrons. The van der Waals surface area contributed by atoms with Gasteiger partial charge in [-0.2, -0.15) is 0 Å². The molecule has 154 valence electrons. The first-order valence-electron chi connectivity index (χ1n) is 9.48. The molecule has 7 nitrogen and oxygen atoms in total. The van der Waals surface area contributed by atoms with E-state index in [4.69, 9.17) is 9.15 Å². The van der Waals surface area contributed by atoms with Gasteiger partial charge in [0.15, 0.2) is 0 Å². The fraction of sp³-hybridized carbons (Fsp3) is 0.364. The van der Waals surface area contributed by atoms with Gasteiger partial charge in [0.25, 0.3) is 0 Å². The highest BCUT2D eigenvalue weighted by Gasteiger charge is 2.16. The van der Waals surface area contributed by atoms with E-state index >= 15 is 0 Å².